The lowest BCUT2D eigenvalue weighted by Gasteiger charge is -2.13. The van der Waals surface area contributed by atoms with Crippen LogP contribution in [0.5, 0.6) is 0 Å². The predicted octanol–water partition coefficient (Wildman–Crippen LogP) is 2.46. The average Bonchev–Trinajstić information content (AvgIpc) is 2.77. The molecule has 4 heteroatoms. The summed E-state index contributed by atoms with van der Waals surface area (Å²) in [6, 6.07) is 7.21. The molecule has 0 spiro atoms. The van der Waals surface area contributed by atoms with Crippen molar-refractivity contribution >= 4 is 11.6 Å². The molecule has 4 nitrogen and oxygen atoms in total. The number of imidazole rings is 1. The number of hydrogen-bond acceptors (Lipinski definition) is 2. The standard InChI is InChI=1S/C17H19N2O2/c1-5-18-11(4)19(10(2)3)15-14(18)16(20)12-8-6-7-9-13(12)17(15)21/h6-10H,5H2,1-4H3/q+1. The second kappa shape index (κ2) is 4.65. The summed E-state index contributed by atoms with van der Waals surface area (Å²) >= 11 is 0. The summed E-state index contributed by atoms with van der Waals surface area (Å²) in [6.07, 6.45) is 0. The molecule has 1 heterocycles. The number of carbonyl (C=O) groups excluding carboxylic acids is 2. The Morgan fingerprint density at radius 1 is 1.10 bits per heavy atom. The van der Waals surface area contributed by atoms with Crippen molar-refractivity contribution in [2.45, 2.75) is 40.3 Å². The zero-order valence-electron chi connectivity index (χ0n) is 12.8. The second-order valence-electron chi connectivity index (χ2n) is 5.66. The molecule has 1 aromatic heterocycles. The molecule has 1 aliphatic carbocycles. The summed E-state index contributed by atoms with van der Waals surface area (Å²) in [4.78, 5) is 25.7. The maximum atomic E-state index is 12.9. The molecule has 0 amide bonds. The summed E-state index contributed by atoms with van der Waals surface area (Å²) in [5, 5.41) is 0. The maximum Gasteiger partial charge on any atom is 0.254 e. The van der Waals surface area contributed by atoms with Crippen LogP contribution in [0.1, 0.15) is 64.7 Å². The zero-order valence-corrected chi connectivity index (χ0v) is 12.8. The summed E-state index contributed by atoms with van der Waals surface area (Å²) < 4.78 is 3.93. The van der Waals surface area contributed by atoms with Gasteiger partial charge in [-0.1, -0.05) is 24.3 Å². The van der Waals surface area contributed by atoms with Crippen molar-refractivity contribution in [2.75, 3.05) is 0 Å². The molecule has 21 heavy (non-hydrogen) atoms. The third-order valence-electron chi connectivity index (χ3n) is 4.15. The third-order valence-corrected chi connectivity index (χ3v) is 4.15. The third kappa shape index (κ3) is 1.71. The van der Waals surface area contributed by atoms with Gasteiger partial charge in [-0.15, -0.1) is 0 Å². The molecule has 0 aliphatic heterocycles. The van der Waals surface area contributed by atoms with E-state index in [1.54, 1.807) is 24.3 Å². The van der Waals surface area contributed by atoms with Gasteiger partial charge in [-0.3, -0.25) is 9.59 Å². The molecule has 0 radical (unpaired) electrons. The van der Waals surface area contributed by atoms with Crippen molar-refractivity contribution in [3.63, 3.8) is 0 Å². The first kappa shape index (κ1) is 13.7. The predicted molar refractivity (Wildman–Crippen MR) is 78.7 cm³/mol. The van der Waals surface area contributed by atoms with Gasteiger partial charge in [0.05, 0.1) is 12.6 Å². The molecule has 0 bridgehead atoms. The van der Waals surface area contributed by atoms with Gasteiger partial charge in [0.2, 0.25) is 23.0 Å². The fourth-order valence-corrected chi connectivity index (χ4v) is 3.30. The molecule has 0 unspecified atom stereocenters. The van der Waals surface area contributed by atoms with E-state index in [-0.39, 0.29) is 17.6 Å². The number of ketones is 2. The van der Waals surface area contributed by atoms with Crippen LogP contribution < -0.4 is 4.57 Å². The van der Waals surface area contributed by atoms with Gasteiger partial charge >= 0.3 is 0 Å². The van der Waals surface area contributed by atoms with E-state index in [4.69, 9.17) is 0 Å². The van der Waals surface area contributed by atoms with E-state index in [1.807, 2.05) is 36.8 Å². The Balaban J connectivity index is 2.40. The number of hydrogen-bond donors (Lipinski definition) is 0. The molecule has 2 aromatic rings. The van der Waals surface area contributed by atoms with Crippen LogP contribution in [0.4, 0.5) is 0 Å². The number of fused-ring (bicyclic) bond motifs is 2. The summed E-state index contributed by atoms with van der Waals surface area (Å²) in [5.41, 5.74) is 2.09. The van der Waals surface area contributed by atoms with Gasteiger partial charge in [0, 0.05) is 18.1 Å². The first-order chi connectivity index (χ1) is 9.99. The molecule has 0 atom stereocenters. The van der Waals surface area contributed by atoms with E-state index >= 15 is 0 Å². The highest BCUT2D eigenvalue weighted by atomic mass is 16.1. The minimum absolute atomic E-state index is 0.0513. The second-order valence-corrected chi connectivity index (χ2v) is 5.66. The molecule has 0 saturated heterocycles. The molecular weight excluding hydrogens is 264 g/mol. The Morgan fingerprint density at radius 2 is 1.67 bits per heavy atom. The number of benzene rings is 1. The number of nitrogens with zero attached hydrogens (tertiary/aromatic N) is 2. The Morgan fingerprint density at radius 3 is 2.19 bits per heavy atom. The van der Waals surface area contributed by atoms with Crippen molar-refractivity contribution in [3.8, 4) is 0 Å². The van der Waals surface area contributed by atoms with Crippen LogP contribution in [0, 0.1) is 6.92 Å². The van der Waals surface area contributed by atoms with Crippen LogP contribution in [0.2, 0.25) is 0 Å². The van der Waals surface area contributed by atoms with Gasteiger partial charge in [0.25, 0.3) is 5.82 Å². The largest absolute Gasteiger partial charge is 0.284 e. The van der Waals surface area contributed by atoms with Gasteiger partial charge in [0.1, 0.15) is 0 Å². The minimum Gasteiger partial charge on any atom is -0.284 e. The lowest BCUT2D eigenvalue weighted by atomic mass is 9.89. The van der Waals surface area contributed by atoms with E-state index in [0.29, 0.717) is 29.1 Å². The molecule has 0 saturated carbocycles. The monoisotopic (exact) mass is 283 g/mol. The van der Waals surface area contributed by atoms with Gasteiger partial charge < -0.3 is 0 Å². The molecule has 0 N–H and O–H groups in total. The van der Waals surface area contributed by atoms with Gasteiger partial charge in [-0.25, -0.2) is 9.13 Å². The lowest BCUT2D eigenvalue weighted by molar-refractivity contribution is -0.700. The summed E-state index contributed by atoms with van der Waals surface area (Å²) in [6.45, 7) is 8.70. The molecule has 108 valence electrons. The highest BCUT2D eigenvalue weighted by molar-refractivity contribution is 6.26. The summed E-state index contributed by atoms with van der Waals surface area (Å²) in [5.74, 6) is 0.848. The van der Waals surface area contributed by atoms with Crippen molar-refractivity contribution < 1.29 is 14.2 Å². The average molecular weight is 283 g/mol. The van der Waals surface area contributed by atoms with Gasteiger partial charge in [-0.2, -0.15) is 0 Å². The van der Waals surface area contributed by atoms with Crippen LogP contribution in [-0.2, 0) is 6.54 Å². The number of carbonyl (C=O) groups is 2. The van der Waals surface area contributed by atoms with E-state index in [9.17, 15) is 9.59 Å². The maximum absolute atomic E-state index is 12.9. The number of rotatable bonds is 2. The zero-order chi connectivity index (χ0) is 15.3. The lowest BCUT2D eigenvalue weighted by Crippen LogP contribution is -2.42. The van der Waals surface area contributed by atoms with E-state index in [1.165, 1.54) is 0 Å². The fraction of sp³-hybridized carbons (Fsp3) is 0.353. The number of aromatic nitrogens is 2. The van der Waals surface area contributed by atoms with Crippen molar-refractivity contribution in [1.29, 1.82) is 0 Å². The molecule has 3 rings (SSSR count). The van der Waals surface area contributed by atoms with Crippen molar-refractivity contribution in [2.24, 2.45) is 0 Å². The topological polar surface area (TPSA) is 43.0 Å². The first-order valence-corrected chi connectivity index (χ1v) is 7.32. The van der Waals surface area contributed by atoms with Gasteiger partial charge in [0.15, 0.2) is 0 Å². The molecular formula is C17H19N2O2+. The Hall–Kier alpha value is -2.23. The van der Waals surface area contributed by atoms with Crippen LogP contribution >= 0.6 is 0 Å². The molecule has 1 aliphatic rings. The van der Waals surface area contributed by atoms with Crippen LogP contribution in [0.15, 0.2) is 24.3 Å². The fourth-order valence-electron chi connectivity index (χ4n) is 3.30. The van der Waals surface area contributed by atoms with Crippen molar-refractivity contribution in [1.82, 2.24) is 4.57 Å². The van der Waals surface area contributed by atoms with E-state index < -0.39 is 0 Å². The minimum atomic E-state index is -0.0517. The molecule has 0 fully saturated rings. The van der Waals surface area contributed by atoms with Crippen LogP contribution in [0.3, 0.4) is 0 Å². The highest BCUT2D eigenvalue weighted by Gasteiger charge is 2.43. The van der Waals surface area contributed by atoms with Gasteiger partial charge in [-0.05, 0) is 20.8 Å². The smallest absolute Gasteiger partial charge is 0.254 e. The summed E-state index contributed by atoms with van der Waals surface area (Å²) in [7, 11) is 0. The normalized spacial score (nSPS) is 13.6. The quantitative estimate of drug-likeness (QED) is 0.678. The highest BCUT2D eigenvalue weighted by Crippen LogP contribution is 2.28. The molecule has 1 aromatic carbocycles. The van der Waals surface area contributed by atoms with Crippen molar-refractivity contribution in [3.05, 3.63) is 52.6 Å². The van der Waals surface area contributed by atoms with Crippen LogP contribution in [0.25, 0.3) is 0 Å². The van der Waals surface area contributed by atoms with E-state index in [0.717, 1.165) is 5.82 Å². The first-order valence-electron chi connectivity index (χ1n) is 7.32. The van der Waals surface area contributed by atoms with Crippen LogP contribution in [-0.4, -0.2) is 16.1 Å². The SMILES string of the molecule is CC[n+]1c2c(n(C(C)C)c1C)C(=O)c1ccccc1C2=O. The Kier molecular flexibility index (Phi) is 3.04. The Bertz CT molecular complexity index is 769. The Labute approximate surface area is 124 Å². The van der Waals surface area contributed by atoms with E-state index in [2.05, 4.69) is 0 Å².